The van der Waals surface area contributed by atoms with Crippen molar-refractivity contribution in [2.24, 2.45) is 0 Å². The predicted molar refractivity (Wildman–Crippen MR) is 195 cm³/mol. The third-order valence-corrected chi connectivity index (χ3v) is 18.7. The highest BCUT2D eigenvalue weighted by atomic mass is 28.4. The first kappa shape index (κ1) is 37.2. The molecule has 0 unspecified atom stereocenters. The van der Waals surface area contributed by atoms with Gasteiger partial charge in [-0.25, -0.2) is 4.79 Å². The van der Waals surface area contributed by atoms with Gasteiger partial charge in [0.15, 0.2) is 8.32 Å². The summed E-state index contributed by atoms with van der Waals surface area (Å²) in [5.74, 6) is -0.665. The zero-order valence-corrected chi connectivity index (χ0v) is 31.5. The number of methoxy groups -OCH3 is 1. The molecule has 0 spiro atoms. The van der Waals surface area contributed by atoms with E-state index in [4.69, 9.17) is 13.6 Å². The summed E-state index contributed by atoms with van der Waals surface area (Å²) in [6, 6.07) is 28.1. The number of nitrogens with zero attached hydrogens (tertiary/aromatic N) is 1. The van der Waals surface area contributed by atoms with Gasteiger partial charge in [0, 0.05) is 25.8 Å². The summed E-state index contributed by atoms with van der Waals surface area (Å²) in [6.07, 6.45) is 3.00. The number of ether oxygens (including phenoxy) is 1. The molecular formula is C38H53NO5Si2. The largest absolute Gasteiger partial charge is 0.465 e. The summed E-state index contributed by atoms with van der Waals surface area (Å²) in [4.78, 5) is 28.1. The molecule has 46 heavy (non-hydrogen) atoms. The second kappa shape index (κ2) is 15.5. The minimum Gasteiger partial charge on any atom is -0.465 e. The van der Waals surface area contributed by atoms with Crippen LogP contribution in [0.1, 0.15) is 64.7 Å². The van der Waals surface area contributed by atoms with Crippen LogP contribution in [0.5, 0.6) is 0 Å². The SMILES string of the molecule is COC(=O)c1ccccc1N(C)C(=O)/C(=C/CCO[Si](c1ccccc1)(c1ccccc1)C(C)(C)C)CCO[Si](C)(C)C(C)(C)C. The van der Waals surface area contributed by atoms with Gasteiger partial charge in [0.25, 0.3) is 14.2 Å². The third kappa shape index (κ3) is 8.53. The first-order valence-corrected chi connectivity index (χ1v) is 20.9. The quantitative estimate of drug-likeness (QED) is 0.0813. The van der Waals surface area contributed by atoms with E-state index >= 15 is 0 Å². The van der Waals surface area contributed by atoms with Gasteiger partial charge < -0.3 is 18.5 Å². The maximum absolute atomic E-state index is 14.1. The zero-order chi connectivity index (χ0) is 34.2. The Morgan fingerprint density at radius 1 is 0.739 bits per heavy atom. The molecule has 0 N–H and O–H groups in total. The van der Waals surface area contributed by atoms with Crippen molar-refractivity contribution >= 4 is 44.6 Å². The lowest BCUT2D eigenvalue weighted by atomic mass is 10.1. The molecule has 1 amide bonds. The number of benzene rings is 3. The highest BCUT2D eigenvalue weighted by Gasteiger charge is 2.50. The van der Waals surface area contributed by atoms with Crippen molar-refractivity contribution in [1.82, 2.24) is 0 Å². The molecule has 0 atom stereocenters. The van der Waals surface area contributed by atoms with Gasteiger partial charge in [-0.05, 0) is 58.5 Å². The smallest absolute Gasteiger partial charge is 0.339 e. The molecule has 0 fully saturated rings. The van der Waals surface area contributed by atoms with E-state index in [1.807, 2.05) is 24.3 Å². The average molecular weight is 660 g/mol. The molecule has 0 aliphatic rings. The molecule has 3 aromatic carbocycles. The van der Waals surface area contributed by atoms with Gasteiger partial charge in [0.2, 0.25) is 0 Å². The number of hydrogen-bond donors (Lipinski definition) is 0. The molecule has 0 radical (unpaired) electrons. The number of carbonyl (C=O) groups excluding carboxylic acids is 2. The highest BCUT2D eigenvalue weighted by molar-refractivity contribution is 6.99. The lowest BCUT2D eigenvalue weighted by molar-refractivity contribution is -0.115. The number of hydrogen-bond acceptors (Lipinski definition) is 5. The summed E-state index contributed by atoms with van der Waals surface area (Å²) in [6.45, 7) is 18.7. The van der Waals surface area contributed by atoms with E-state index in [-0.39, 0.29) is 16.0 Å². The Morgan fingerprint density at radius 2 is 1.26 bits per heavy atom. The van der Waals surface area contributed by atoms with E-state index in [2.05, 4.69) is 103 Å². The fourth-order valence-electron chi connectivity index (χ4n) is 5.51. The molecular weight excluding hydrogens is 607 g/mol. The van der Waals surface area contributed by atoms with Crippen molar-refractivity contribution in [3.8, 4) is 0 Å². The van der Waals surface area contributed by atoms with Gasteiger partial charge in [-0.15, -0.1) is 0 Å². The van der Waals surface area contributed by atoms with Crippen LogP contribution in [0.2, 0.25) is 23.2 Å². The Hall–Kier alpha value is -3.31. The van der Waals surface area contributed by atoms with Crippen LogP contribution < -0.4 is 15.3 Å². The average Bonchev–Trinajstić information content (AvgIpc) is 3.02. The van der Waals surface area contributed by atoms with Gasteiger partial charge in [-0.1, -0.05) is 120 Å². The van der Waals surface area contributed by atoms with Crippen molar-refractivity contribution in [2.45, 2.75) is 77.6 Å². The fraction of sp³-hybridized carbons (Fsp3) is 0.421. The number of esters is 1. The van der Waals surface area contributed by atoms with Crippen LogP contribution in [0.15, 0.2) is 96.6 Å². The maximum atomic E-state index is 14.1. The predicted octanol–water partition coefficient (Wildman–Crippen LogP) is 7.74. The van der Waals surface area contributed by atoms with Gasteiger partial charge in [0.1, 0.15) is 0 Å². The summed E-state index contributed by atoms with van der Waals surface area (Å²) in [5.41, 5.74) is 1.47. The van der Waals surface area contributed by atoms with Crippen LogP contribution in [-0.2, 0) is 18.4 Å². The molecule has 0 saturated carbocycles. The Bertz CT molecular complexity index is 1430. The van der Waals surface area contributed by atoms with Crippen LogP contribution in [-0.4, -0.2) is 55.9 Å². The van der Waals surface area contributed by atoms with Crippen LogP contribution >= 0.6 is 0 Å². The monoisotopic (exact) mass is 659 g/mol. The zero-order valence-electron chi connectivity index (χ0n) is 29.5. The van der Waals surface area contributed by atoms with Gasteiger partial charge >= 0.3 is 5.97 Å². The minimum atomic E-state index is -2.71. The van der Waals surface area contributed by atoms with E-state index < -0.39 is 22.6 Å². The second-order valence-corrected chi connectivity index (χ2v) is 23.4. The Morgan fingerprint density at radius 3 is 1.76 bits per heavy atom. The minimum absolute atomic E-state index is 0.0563. The molecule has 8 heteroatoms. The Kier molecular flexibility index (Phi) is 12.5. The summed E-state index contributed by atoms with van der Waals surface area (Å²) >= 11 is 0. The maximum Gasteiger partial charge on any atom is 0.339 e. The van der Waals surface area contributed by atoms with Crippen molar-refractivity contribution in [3.63, 3.8) is 0 Å². The van der Waals surface area contributed by atoms with Crippen LogP contribution in [0.4, 0.5) is 5.69 Å². The molecule has 0 bridgehead atoms. The topological polar surface area (TPSA) is 65.1 Å². The number of rotatable bonds is 13. The Labute approximate surface area is 279 Å². The Balaban J connectivity index is 1.95. The lowest BCUT2D eigenvalue weighted by Crippen LogP contribution is -2.66. The van der Waals surface area contributed by atoms with Crippen molar-refractivity contribution < 1.29 is 23.2 Å². The summed E-state index contributed by atoms with van der Waals surface area (Å²) in [7, 11) is -1.69. The van der Waals surface area contributed by atoms with Gasteiger partial charge in [-0.3, -0.25) is 4.79 Å². The second-order valence-electron chi connectivity index (χ2n) is 14.3. The fourth-order valence-corrected chi connectivity index (χ4v) is 11.1. The molecule has 0 saturated heterocycles. The summed E-state index contributed by atoms with van der Waals surface area (Å²) in [5, 5.41) is 2.35. The van der Waals surface area contributed by atoms with Crippen LogP contribution in [0.3, 0.4) is 0 Å². The highest BCUT2D eigenvalue weighted by Crippen LogP contribution is 2.38. The van der Waals surface area contributed by atoms with Gasteiger partial charge in [0.05, 0.1) is 18.4 Å². The molecule has 3 rings (SSSR count). The first-order valence-electron chi connectivity index (χ1n) is 16.1. The summed E-state index contributed by atoms with van der Waals surface area (Å²) < 4.78 is 18.6. The van der Waals surface area contributed by atoms with E-state index in [1.165, 1.54) is 22.4 Å². The number of anilines is 1. The van der Waals surface area contributed by atoms with Crippen LogP contribution in [0, 0.1) is 0 Å². The number of para-hydroxylation sites is 1. The molecule has 0 aliphatic heterocycles. The van der Waals surface area contributed by atoms with Crippen LogP contribution in [0.25, 0.3) is 0 Å². The van der Waals surface area contributed by atoms with Gasteiger partial charge in [-0.2, -0.15) is 0 Å². The van der Waals surface area contributed by atoms with Crippen molar-refractivity contribution in [2.75, 3.05) is 32.3 Å². The molecule has 0 aliphatic carbocycles. The van der Waals surface area contributed by atoms with Crippen molar-refractivity contribution in [1.29, 1.82) is 0 Å². The normalized spacial score (nSPS) is 13.0. The molecule has 0 aromatic heterocycles. The van der Waals surface area contributed by atoms with Crippen molar-refractivity contribution in [3.05, 3.63) is 102 Å². The standard InChI is InChI=1S/C38H53NO5Si2/c1-37(2,3)45(9,10)43-29-27-30(35(40)39(7)34-26-18-17-25-33(34)36(41)42-8)20-19-28-44-46(38(4,5)6,31-21-13-11-14-22-31)32-23-15-12-16-24-32/h11-18,20-26H,19,27-29H2,1-10H3/b30-20+. The molecule has 3 aromatic rings. The molecule has 248 valence electrons. The van der Waals surface area contributed by atoms with E-state index in [9.17, 15) is 9.59 Å². The first-order chi connectivity index (χ1) is 21.6. The number of amides is 1. The van der Waals surface area contributed by atoms with E-state index in [0.717, 1.165) is 0 Å². The third-order valence-electron chi connectivity index (χ3n) is 9.13. The lowest BCUT2D eigenvalue weighted by Gasteiger charge is -2.43. The number of likely N-dealkylation sites (N-methyl/N-ethyl adjacent to an activating group) is 1. The van der Waals surface area contributed by atoms with E-state index in [1.54, 1.807) is 25.2 Å². The molecule has 0 heterocycles. The molecule has 6 nitrogen and oxygen atoms in total. The number of carbonyl (C=O) groups is 2. The van der Waals surface area contributed by atoms with E-state index in [0.29, 0.717) is 42.9 Å².